The van der Waals surface area contributed by atoms with Crippen molar-refractivity contribution in [2.75, 3.05) is 0 Å². The molecule has 1 aromatic rings. The average Bonchev–Trinajstić information content (AvgIpc) is 2.24. The summed E-state index contributed by atoms with van der Waals surface area (Å²) in [6.45, 7) is 4.33. The van der Waals surface area contributed by atoms with E-state index in [1.807, 2.05) is 30.0 Å². The maximum atomic E-state index is 12.2. The van der Waals surface area contributed by atoms with Crippen LogP contribution in [-0.4, -0.2) is 14.7 Å². The highest BCUT2D eigenvalue weighted by molar-refractivity contribution is 8.11. The van der Waals surface area contributed by atoms with Crippen LogP contribution in [0.4, 0.5) is 0 Å². The first-order chi connectivity index (χ1) is 7.18. The highest BCUT2D eigenvalue weighted by Gasteiger charge is 2.32. The smallest absolute Gasteiger partial charge is 0.106 e. The van der Waals surface area contributed by atoms with Crippen LogP contribution in [0, 0.1) is 0 Å². The van der Waals surface area contributed by atoms with Gasteiger partial charge < -0.3 is 0 Å². The van der Waals surface area contributed by atoms with Gasteiger partial charge in [-0.15, -0.1) is 11.8 Å². The summed E-state index contributed by atoms with van der Waals surface area (Å²) in [5, 5.41) is 0.939. The zero-order chi connectivity index (χ0) is 10.8. The predicted molar refractivity (Wildman–Crippen MR) is 68.5 cm³/mol. The Labute approximate surface area is 98.1 Å². The third-order valence-corrected chi connectivity index (χ3v) is 6.46. The molecule has 1 unspecified atom stereocenters. The predicted octanol–water partition coefficient (Wildman–Crippen LogP) is 3.35. The molecular weight excluding hydrogens is 224 g/mol. The van der Waals surface area contributed by atoms with Crippen molar-refractivity contribution in [2.24, 2.45) is 0 Å². The highest BCUT2D eigenvalue weighted by atomic mass is 32.2. The van der Waals surface area contributed by atoms with E-state index in [9.17, 15) is 4.21 Å². The molecule has 3 heteroatoms. The molecule has 0 saturated carbocycles. The van der Waals surface area contributed by atoms with E-state index in [1.54, 1.807) is 0 Å². The quantitative estimate of drug-likeness (QED) is 0.749. The van der Waals surface area contributed by atoms with Crippen LogP contribution in [0.3, 0.4) is 0 Å². The molecule has 1 fully saturated rings. The van der Waals surface area contributed by atoms with Crippen LogP contribution in [0.5, 0.6) is 0 Å². The lowest BCUT2D eigenvalue weighted by Gasteiger charge is -2.30. The third-order valence-electron chi connectivity index (χ3n) is 2.70. The lowest BCUT2D eigenvalue weighted by molar-refractivity contribution is 0.657. The Morgan fingerprint density at radius 2 is 1.93 bits per heavy atom. The summed E-state index contributed by atoms with van der Waals surface area (Å²) >= 11 is 1.85. The van der Waals surface area contributed by atoms with Gasteiger partial charge in [0.2, 0.25) is 0 Å². The van der Waals surface area contributed by atoms with Gasteiger partial charge in [-0.25, -0.2) is 0 Å². The topological polar surface area (TPSA) is 17.1 Å². The van der Waals surface area contributed by atoms with Gasteiger partial charge in [-0.2, -0.15) is 0 Å². The van der Waals surface area contributed by atoms with Crippen LogP contribution in [0.2, 0.25) is 0 Å². The van der Waals surface area contributed by atoms with Crippen molar-refractivity contribution < 1.29 is 4.21 Å². The maximum absolute atomic E-state index is 12.2. The van der Waals surface area contributed by atoms with Crippen molar-refractivity contribution in [3.63, 3.8) is 0 Å². The van der Waals surface area contributed by atoms with Crippen molar-refractivity contribution in [1.82, 2.24) is 0 Å². The summed E-state index contributed by atoms with van der Waals surface area (Å²) in [5.41, 5.74) is 1.21. The van der Waals surface area contributed by atoms with E-state index in [1.165, 1.54) is 5.56 Å². The molecule has 4 atom stereocenters. The van der Waals surface area contributed by atoms with Gasteiger partial charge in [0.05, 0.1) is 0 Å². The third kappa shape index (κ3) is 2.45. The van der Waals surface area contributed by atoms with Crippen LogP contribution in [-0.2, 0) is 10.8 Å². The minimum Gasteiger partial charge on any atom is -0.258 e. The van der Waals surface area contributed by atoms with E-state index >= 15 is 0 Å². The zero-order valence-corrected chi connectivity index (χ0v) is 10.7. The molecule has 0 aromatic heterocycles. The second kappa shape index (κ2) is 4.71. The standard InChI is InChI=1S/C12H16OS2/c1-9-8-10(2)15(13)12(14-9)11-6-4-3-5-7-11/h3-7,9-10,12H,8H2,1-2H3/t9-,10+,12+,15?/m0/s1. The van der Waals surface area contributed by atoms with Gasteiger partial charge in [0.15, 0.2) is 0 Å². The van der Waals surface area contributed by atoms with Gasteiger partial charge in [-0.3, -0.25) is 4.21 Å². The summed E-state index contributed by atoms with van der Waals surface area (Å²) in [7, 11) is -0.731. The Hall–Kier alpha value is -0.280. The summed E-state index contributed by atoms with van der Waals surface area (Å²) in [6.07, 6.45) is 1.07. The van der Waals surface area contributed by atoms with E-state index in [-0.39, 0.29) is 4.58 Å². The van der Waals surface area contributed by atoms with E-state index in [2.05, 4.69) is 26.0 Å². The first-order valence-electron chi connectivity index (χ1n) is 5.28. The van der Waals surface area contributed by atoms with Crippen molar-refractivity contribution in [2.45, 2.75) is 35.4 Å². The molecule has 1 nitrogen and oxygen atoms in total. The molecule has 0 amide bonds. The number of thioether (sulfide) groups is 1. The van der Waals surface area contributed by atoms with Crippen LogP contribution < -0.4 is 0 Å². The van der Waals surface area contributed by atoms with Gasteiger partial charge in [0.1, 0.15) is 4.58 Å². The van der Waals surface area contributed by atoms with Crippen LogP contribution in [0.25, 0.3) is 0 Å². The molecule has 1 heterocycles. The summed E-state index contributed by atoms with van der Waals surface area (Å²) in [6, 6.07) is 10.2. The number of hydrogen-bond donors (Lipinski definition) is 0. The molecule has 0 radical (unpaired) electrons. The molecule has 1 aliphatic heterocycles. The van der Waals surface area contributed by atoms with Crippen LogP contribution in [0.15, 0.2) is 30.3 Å². The zero-order valence-electron chi connectivity index (χ0n) is 9.05. The fourth-order valence-electron chi connectivity index (χ4n) is 1.92. The van der Waals surface area contributed by atoms with Crippen molar-refractivity contribution >= 4 is 22.6 Å². The summed E-state index contributed by atoms with van der Waals surface area (Å²) in [4.78, 5) is 0. The minimum absolute atomic E-state index is 0.171. The van der Waals surface area contributed by atoms with Gasteiger partial charge in [0.25, 0.3) is 0 Å². The Morgan fingerprint density at radius 3 is 2.60 bits per heavy atom. The molecule has 15 heavy (non-hydrogen) atoms. The van der Waals surface area contributed by atoms with Crippen molar-refractivity contribution in [1.29, 1.82) is 0 Å². The van der Waals surface area contributed by atoms with E-state index in [4.69, 9.17) is 0 Å². The molecule has 0 N–H and O–H groups in total. The normalized spacial score (nSPS) is 36.4. The van der Waals surface area contributed by atoms with E-state index in [0.29, 0.717) is 10.5 Å². The Balaban J connectivity index is 2.24. The Kier molecular flexibility index (Phi) is 3.52. The Morgan fingerprint density at radius 1 is 1.27 bits per heavy atom. The molecule has 1 saturated heterocycles. The maximum Gasteiger partial charge on any atom is 0.106 e. The first-order valence-corrected chi connectivity index (χ1v) is 7.50. The van der Waals surface area contributed by atoms with Gasteiger partial charge in [0, 0.05) is 21.3 Å². The molecule has 82 valence electrons. The fourth-order valence-corrected chi connectivity index (χ4v) is 6.08. The first kappa shape index (κ1) is 11.2. The molecule has 0 bridgehead atoms. The lowest BCUT2D eigenvalue weighted by atomic mass is 10.2. The minimum atomic E-state index is -0.731. The number of rotatable bonds is 1. The highest BCUT2D eigenvalue weighted by Crippen LogP contribution is 2.43. The van der Waals surface area contributed by atoms with Gasteiger partial charge in [-0.05, 0) is 12.0 Å². The largest absolute Gasteiger partial charge is 0.258 e. The number of hydrogen-bond acceptors (Lipinski definition) is 2. The fraction of sp³-hybridized carbons (Fsp3) is 0.500. The molecule has 0 aliphatic carbocycles. The molecule has 2 rings (SSSR count). The monoisotopic (exact) mass is 240 g/mol. The van der Waals surface area contributed by atoms with Gasteiger partial charge in [-0.1, -0.05) is 44.2 Å². The second-order valence-electron chi connectivity index (χ2n) is 4.06. The second-order valence-corrected chi connectivity index (χ2v) is 7.84. The van der Waals surface area contributed by atoms with Crippen molar-refractivity contribution in [3.8, 4) is 0 Å². The van der Waals surface area contributed by atoms with Crippen LogP contribution >= 0.6 is 11.8 Å². The SMILES string of the molecule is C[C@@H]1C[C@H](C)S[C@@H](c2ccccc2)S1=O. The average molecular weight is 240 g/mol. The van der Waals surface area contributed by atoms with Gasteiger partial charge >= 0.3 is 0 Å². The van der Waals surface area contributed by atoms with Crippen LogP contribution in [0.1, 0.15) is 30.4 Å². The molecule has 0 spiro atoms. The lowest BCUT2D eigenvalue weighted by Crippen LogP contribution is -2.26. The van der Waals surface area contributed by atoms with Crippen molar-refractivity contribution in [3.05, 3.63) is 35.9 Å². The van der Waals surface area contributed by atoms with E-state index in [0.717, 1.165) is 6.42 Å². The summed E-state index contributed by atoms with van der Waals surface area (Å²) in [5.74, 6) is 0. The molecule has 1 aromatic carbocycles. The summed E-state index contributed by atoms with van der Waals surface area (Å²) < 4.78 is 12.3. The van der Waals surface area contributed by atoms with E-state index < -0.39 is 10.8 Å². The molecule has 1 aliphatic rings. The molecular formula is C12H16OS2. The number of benzene rings is 1. The Bertz CT molecular complexity index is 350.